The van der Waals surface area contributed by atoms with Crippen molar-refractivity contribution in [3.63, 3.8) is 0 Å². The molecule has 8 heteroatoms. The third-order valence-corrected chi connectivity index (χ3v) is 4.74. The zero-order valence-corrected chi connectivity index (χ0v) is 11.5. The van der Waals surface area contributed by atoms with E-state index in [0.717, 1.165) is 38.2 Å². The zero-order valence-electron chi connectivity index (χ0n) is 11.5. The van der Waals surface area contributed by atoms with Gasteiger partial charge in [0.05, 0.1) is 30.4 Å². The number of nitrogens with one attached hydrogen (secondary N) is 1. The smallest absolute Gasteiger partial charge is 0.280 e. The second-order valence-electron chi connectivity index (χ2n) is 6.07. The van der Waals surface area contributed by atoms with E-state index in [1.165, 1.54) is 0 Å². The molecule has 0 spiro atoms. The lowest BCUT2D eigenvalue weighted by Crippen LogP contribution is -2.43. The van der Waals surface area contributed by atoms with Crippen molar-refractivity contribution < 1.29 is 9.26 Å². The van der Waals surface area contributed by atoms with Gasteiger partial charge in [0, 0.05) is 13.1 Å². The fourth-order valence-corrected chi connectivity index (χ4v) is 3.41. The first-order chi connectivity index (χ1) is 10.4. The average Bonchev–Trinajstić information content (AvgIpc) is 3.20. The Kier molecular flexibility index (Phi) is 2.45. The molecular weight excluding hydrogens is 272 g/mol. The number of rotatable bonds is 3. The second kappa shape index (κ2) is 4.35. The summed E-state index contributed by atoms with van der Waals surface area (Å²) in [6, 6.07) is 0.382. The van der Waals surface area contributed by atoms with Crippen LogP contribution in [0.3, 0.4) is 0 Å². The maximum Gasteiger partial charge on any atom is 0.280 e. The molecule has 2 aromatic heterocycles. The van der Waals surface area contributed by atoms with Gasteiger partial charge in [0.25, 0.3) is 5.89 Å². The predicted molar refractivity (Wildman–Crippen MR) is 70.5 cm³/mol. The summed E-state index contributed by atoms with van der Waals surface area (Å²) in [7, 11) is 0. The first-order valence-corrected chi connectivity index (χ1v) is 7.49. The van der Waals surface area contributed by atoms with E-state index in [1.54, 1.807) is 0 Å². The summed E-state index contributed by atoms with van der Waals surface area (Å²) in [5.74, 6) is 1.47. The Morgan fingerprint density at radius 3 is 2.95 bits per heavy atom. The number of aromatic nitrogens is 5. The standard InChI is InChI=1S/C13H16N6O2/c1-2-11-9(3-8(1)20-11)12-15-13(21-17-12)10-6-19(18-16-10)7-4-14-5-7/h6-9,11,14H,1-5H2. The summed E-state index contributed by atoms with van der Waals surface area (Å²) >= 11 is 0. The lowest BCUT2D eigenvalue weighted by atomic mass is 9.89. The van der Waals surface area contributed by atoms with Crippen molar-refractivity contribution in [2.75, 3.05) is 13.1 Å². The van der Waals surface area contributed by atoms with Crippen molar-refractivity contribution in [2.45, 2.75) is 43.4 Å². The molecule has 2 aromatic rings. The molecule has 21 heavy (non-hydrogen) atoms. The topological polar surface area (TPSA) is 90.9 Å². The molecule has 2 bridgehead atoms. The molecule has 0 saturated carbocycles. The van der Waals surface area contributed by atoms with Gasteiger partial charge in [0.2, 0.25) is 0 Å². The van der Waals surface area contributed by atoms with Crippen LogP contribution in [0.25, 0.3) is 11.6 Å². The number of nitrogens with zero attached hydrogens (tertiary/aromatic N) is 5. The minimum atomic E-state index is 0.261. The van der Waals surface area contributed by atoms with E-state index in [4.69, 9.17) is 9.26 Å². The predicted octanol–water partition coefficient (Wildman–Crippen LogP) is 0.507. The third-order valence-electron chi connectivity index (χ3n) is 4.74. The molecule has 3 aliphatic heterocycles. The van der Waals surface area contributed by atoms with Crippen LogP contribution >= 0.6 is 0 Å². The minimum Gasteiger partial charge on any atom is -0.374 e. The van der Waals surface area contributed by atoms with Gasteiger partial charge < -0.3 is 14.6 Å². The summed E-state index contributed by atoms with van der Waals surface area (Å²) < 4.78 is 13.1. The average molecular weight is 288 g/mol. The summed E-state index contributed by atoms with van der Waals surface area (Å²) in [6.07, 6.45) is 5.79. The lowest BCUT2D eigenvalue weighted by Gasteiger charge is -2.26. The first-order valence-electron chi connectivity index (χ1n) is 7.49. The Bertz CT molecular complexity index is 663. The molecule has 8 nitrogen and oxygen atoms in total. The number of hydrogen-bond donors (Lipinski definition) is 1. The van der Waals surface area contributed by atoms with Gasteiger partial charge in [0.1, 0.15) is 0 Å². The largest absolute Gasteiger partial charge is 0.374 e. The third kappa shape index (κ3) is 1.82. The highest BCUT2D eigenvalue weighted by Gasteiger charge is 2.43. The Hall–Kier alpha value is -1.80. The van der Waals surface area contributed by atoms with Gasteiger partial charge in [-0.05, 0) is 19.3 Å². The van der Waals surface area contributed by atoms with Crippen molar-refractivity contribution in [3.8, 4) is 11.6 Å². The maximum atomic E-state index is 5.85. The van der Waals surface area contributed by atoms with Gasteiger partial charge in [-0.3, -0.25) is 0 Å². The van der Waals surface area contributed by atoms with Gasteiger partial charge in [-0.15, -0.1) is 5.10 Å². The molecular formula is C13H16N6O2. The van der Waals surface area contributed by atoms with E-state index in [1.807, 2.05) is 10.9 Å². The molecule has 0 radical (unpaired) electrons. The van der Waals surface area contributed by atoms with Gasteiger partial charge >= 0.3 is 0 Å². The van der Waals surface area contributed by atoms with Crippen LogP contribution in [0.5, 0.6) is 0 Å². The van der Waals surface area contributed by atoms with Crippen LogP contribution in [0, 0.1) is 0 Å². The van der Waals surface area contributed by atoms with Crippen molar-refractivity contribution in [1.82, 2.24) is 30.5 Å². The fraction of sp³-hybridized carbons (Fsp3) is 0.692. The minimum absolute atomic E-state index is 0.261. The summed E-state index contributed by atoms with van der Waals surface area (Å²) in [5.41, 5.74) is 0.643. The second-order valence-corrected chi connectivity index (χ2v) is 6.07. The van der Waals surface area contributed by atoms with Crippen LogP contribution in [0.15, 0.2) is 10.7 Å². The monoisotopic (exact) mass is 288 g/mol. The van der Waals surface area contributed by atoms with Crippen molar-refractivity contribution in [3.05, 3.63) is 12.0 Å². The van der Waals surface area contributed by atoms with E-state index in [2.05, 4.69) is 25.8 Å². The van der Waals surface area contributed by atoms with E-state index >= 15 is 0 Å². The van der Waals surface area contributed by atoms with Crippen LogP contribution in [-0.4, -0.2) is 50.4 Å². The molecule has 3 atom stereocenters. The molecule has 3 fully saturated rings. The van der Waals surface area contributed by atoms with Gasteiger partial charge in [-0.1, -0.05) is 10.4 Å². The van der Waals surface area contributed by atoms with Crippen LogP contribution in [0.2, 0.25) is 0 Å². The molecule has 5 rings (SSSR count). The summed E-state index contributed by atoms with van der Waals surface area (Å²) in [4.78, 5) is 4.51. The Labute approximate surface area is 120 Å². The van der Waals surface area contributed by atoms with E-state index in [-0.39, 0.29) is 12.0 Å². The molecule has 3 aliphatic rings. The van der Waals surface area contributed by atoms with E-state index < -0.39 is 0 Å². The number of hydrogen-bond acceptors (Lipinski definition) is 7. The van der Waals surface area contributed by atoms with E-state index in [9.17, 15) is 0 Å². The summed E-state index contributed by atoms with van der Waals surface area (Å²) in [6.45, 7) is 1.86. The molecule has 5 heterocycles. The molecule has 3 saturated heterocycles. The van der Waals surface area contributed by atoms with Crippen molar-refractivity contribution >= 4 is 0 Å². The Morgan fingerprint density at radius 1 is 1.29 bits per heavy atom. The Morgan fingerprint density at radius 2 is 2.24 bits per heavy atom. The Balaban J connectivity index is 1.39. The number of ether oxygens (including phenoxy) is 1. The molecule has 1 N–H and O–H groups in total. The maximum absolute atomic E-state index is 5.85. The lowest BCUT2D eigenvalue weighted by molar-refractivity contribution is 0.0996. The van der Waals surface area contributed by atoms with Gasteiger partial charge in [0.15, 0.2) is 11.5 Å². The van der Waals surface area contributed by atoms with E-state index in [0.29, 0.717) is 23.7 Å². The highest BCUT2D eigenvalue weighted by Crippen LogP contribution is 2.43. The molecule has 110 valence electrons. The van der Waals surface area contributed by atoms with Crippen molar-refractivity contribution in [2.24, 2.45) is 0 Å². The van der Waals surface area contributed by atoms with Crippen LogP contribution in [0.1, 0.15) is 37.0 Å². The van der Waals surface area contributed by atoms with Gasteiger partial charge in [-0.25, -0.2) is 4.68 Å². The van der Waals surface area contributed by atoms with Crippen LogP contribution < -0.4 is 5.32 Å². The number of fused-ring (bicyclic) bond motifs is 2. The van der Waals surface area contributed by atoms with Crippen LogP contribution in [0.4, 0.5) is 0 Å². The fourth-order valence-electron chi connectivity index (χ4n) is 3.41. The first kappa shape index (κ1) is 11.8. The summed E-state index contributed by atoms with van der Waals surface area (Å²) in [5, 5.41) is 15.6. The van der Waals surface area contributed by atoms with Crippen LogP contribution in [-0.2, 0) is 4.74 Å². The molecule has 0 aromatic carbocycles. The molecule has 3 unspecified atom stereocenters. The van der Waals surface area contributed by atoms with Crippen molar-refractivity contribution in [1.29, 1.82) is 0 Å². The quantitative estimate of drug-likeness (QED) is 0.879. The molecule has 0 amide bonds. The zero-order chi connectivity index (χ0) is 13.8. The molecule has 0 aliphatic carbocycles. The van der Waals surface area contributed by atoms with Gasteiger partial charge in [-0.2, -0.15) is 4.98 Å². The highest BCUT2D eigenvalue weighted by atomic mass is 16.5. The normalized spacial score (nSPS) is 31.7. The SMILES string of the molecule is c1c(-c2nc(C3CC4CCC3O4)no2)nnn1C1CNC1. The highest BCUT2D eigenvalue weighted by molar-refractivity contribution is 5.43.